The molecule has 9 heteroatoms. The monoisotopic (exact) mass is 340 g/mol. The number of hydrogen-bond donors (Lipinski definition) is 1. The number of rotatable bonds is 9. The van der Waals surface area contributed by atoms with Gasteiger partial charge in [0, 0.05) is 6.07 Å². The van der Waals surface area contributed by atoms with Gasteiger partial charge in [-0.25, -0.2) is 4.79 Å². The summed E-state index contributed by atoms with van der Waals surface area (Å²) in [7, 11) is 1.20. The summed E-state index contributed by atoms with van der Waals surface area (Å²) in [4.78, 5) is 33.9. The van der Waals surface area contributed by atoms with Crippen LogP contribution in [0.2, 0.25) is 0 Å². The average Bonchev–Trinajstić information content (AvgIpc) is 2.56. The Hall–Kier alpha value is -2.84. The molecule has 0 unspecified atom stereocenters. The lowest BCUT2D eigenvalue weighted by Crippen LogP contribution is -2.17. The predicted molar refractivity (Wildman–Crippen MR) is 85.3 cm³/mol. The normalized spacial score (nSPS) is 9.96. The largest absolute Gasteiger partial charge is 0.487 e. The zero-order chi connectivity index (χ0) is 18.1. The highest BCUT2D eigenvalue weighted by Gasteiger charge is 2.25. The van der Waals surface area contributed by atoms with Crippen molar-refractivity contribution in [2.45, 2.75) is 20.3 Å². The van der Waals surface area contributed by atoms with E-state index in [1.54, 1.807) is 6.92 Å². The van der Waals surface area contributed by atoms with Gasteiger partial charge in [-0.1, -0.05) is 6.92 Å². The van der Waals surface area contributed by atoms with Gasteiger partial charge < -0.3 is 19.5 Å². The summed E-state index contributed by atoms with van der Waals surface area (Å²) >= 11 is 0. The molecule has 0 atom stereocenters. The zero-order valence-electron chi connectivity index (χ0n) is 13.8. The van der Waals surface area contributed by atoms with Crippen molar-refractivity contribution in [3.05, 3.63) is 27.8 Å². The average molecular weight is 340 g/mol. The van der Waals surface area contributed by atoms with E-state index in [9.17, 15) is 19.7 Å². The van der Waals surface area contributed by atoms with E-state index in [0.29, 0.717) is 6.42 Å². The third-order valence-electron chi connectivity index (χ3n) is 2.88. The summed E-state index contributed by atoms with van der Waals surface area (Å²) in [6, 6.07) is 2.51. The van der Waals surface area contributed by atoms with Gasteiger partial charge in [-0.15, -0.1) is 0 Å². The number of anilines is 1. The Morgan fingerprint density at radius 3 is 2.54 bits per heavy atom. The Morgan fingerprint density at radius 1 is 1.29 bits per heavy atom. The lowest BCUT2D eigenvalue weighted by Gasteiger charge is -2.12. The van der Waals surface area contributed by atoms with Crippen molar-refractivity contribution in [3.8, 4) is 5.75 Å². The summed E-state index contributed by atoms with van der Waals surface area (Å²) in [5.41, 5.74) is -0.302. The Balaban J connectivity index is 3.32. The van der Waals surface area contributed by atoms with E-state index in [-0.39, 0.29) is 42.4 Å². The van der Waals surface area contributed by atoms with Crippen LogP contribution < -0.4 is 10.1 Å². The molecule has 1 aromatic carbocycles. The first-order chi connectivity index (χ1) is 11.4. The second-order valence-electron chi connectivity index (χ2n) is 4.63. The van der Waals surface area contributed by atoms with Crippen molar-refractivity contribution in [3.63, 3.8) is 0 Å². The van der Waals surface area contributed by atoms with Crippen LogP contribution in [0.5, 0.6) is 5.75 Å². The molecule has 0 bridgehead atoms. The Kier molecular flexibility index (Phi) is 7.47. The van der Waals surface area contributed by atoms with Gasteiger partial charge in [0.25, 0.3) is 0 Å². The number of esters is 2. The third kappa shape index (κ3) is 5.11. The first-order valence-electron chi connectivity index (χ1n) is 7.37. The number of nitro benzene ring substituents is 1. The number of benzene rings is 1. The van der Waals surface area contributed by atoms with Crippen LogP contribution in [0.1, 0.15) is 30.6 Å². The second kappa shape index (κ2) is 9.33. The number of methoxy groups -OCH3 is 1. The van der Waals surface area contributed by atoms with Gasteiger partial charge in [0.2, 0.25) is 0 Å². The SMILES string of the molecule is CCCOc1cc(C(=O)OCC)cc(NCC(=O)OC)c1[N+](=O)[O-]. The van der Waals surface area contributed by atoms with Gasteiger partial charge >= 0.3 is 17.6 Å². The van der Waals surface area contributed by atoms with Crippen molar-refractivity contribution in [1.29, 1.82) is 0 Å². The maximum atomic E-state index is 11.9. The first-order valence-corrected chi connectivity index (χ1v) is 7.37. The summed E-state index contributed by atoms with van der Waals surface area (Å²) in [5, 5.41) is 14.0. The fourth-order valence-electron chi connectivity index (χ4n) is 1.82. The lowest BCUT2D eigenvalue weighted by molar-refractivity contribution is -0.385. The maximum absolute atomic E-state index is 11.9. The minimum Gasteiger partial charge on any atom is -0.487 e. The molecule has 132 valence electrons. The number of carbonyl (C=O) groups excluding carboxylic acids is 2. The van der Waals surface area contributed by atoms with Crippen LogP contribution >= 0.6 is 0 Å². The third-order valence-corrected chi connectivity index (χ3v) is 2.88. The van der Waals surface area contributed by atoms with E-state index in [0.717, 1.165) is 0 Å². The molecule has 0 spiro atoms. The number of carbonyl (C=O) groups is 2. The summed E-state index contributed by atoms with van der Waals surface area (Å²) < 4.78 is 14.8. The first kappa shape index (κ1) is 19.2. The Bertz CT molecular complexity index is 616. The molecule has 1 aromatic rings. The minimum absolute atomic E-state index is 0.0259. The van der Waals surface area contributed by atoms with E-state index >= 15 is 0 Å². The van der Waals surface area contributed by atoms with Crippen molar-refractivity contribution in [2.75, 3.05) is 32.2 Å². The van der Waals surface area contributed by atoms with Gasteiger partial charge in [0.05, 0.1) is 30.8 Å². The van der Waals surface area contributed by atoms with Crippen LogP contribution in [-0.2, 0) is 14.3 Å². The van der Waals surface area contributed by atoms with Crippen LogP contribution in [0.25, 0.3) is 0 Å². The van der Waals surface area contributed by atoms with E-state index in [1.807, 2.05) is 6.92 Å². The number of nitro groups is 1. The molecule has 0 amide bonds. The maximum Gasteiger partial charge on any atom is 0.338 e. The van der Waals surface area contributed by atoms with Crippen molar-refractivity contribution in [2.24, 2.45) is 0 Å². The van der Waals surface area contributed by atoms with Crippen LogP contribution in [0.3, 0.4) is 0 Å². The van der Waals surface area contributed by atoms with Gasteiger partial charge in [-0.3, -0.25) is 14.9 Å². The molecule has 1 N–H and O–H groups in total. The van der Waals surface area contributed by atoms with E-state index in [4.69, 9.17) is 9.47 Å². The molecule has 0 fully saturated rings. The van der Waals surface area contributed by atoms with E-state index in [2.05, 4.69) is 10.1 Å². The van der Waals surface area contributed by atoms with Crippen molar-refractivity contribution < 1.29 is 28.7 Å². The zero-order valence-corrected chi connectivity index (χ0v) is 13.8. The number of nitrogens with one attached hydrogen (secondary N) is 1. The highest BCUT2D eigenvalue weighted by atomic mass is 16.6. The van der Waals surface area contributed by atoms with E-state index in [1.165, 1.54) is 19.2 Å². The molecule has 1 rings (SSSR count). The molecule has 0 aliphatic rings. The summed E-state index contributed by atoms with van der Waals surface area (Å²) in [5.74, 6) is -1.32. The van der Waals surface area contributed by atoms with Gasteiger partial charge in [-0.05, 0) is 19.4 Å². The molecule has 0 radical (unpaired) electrons. The fraction of sp³-hybridized carbons (Fsp3) is 0.467. The predicted octanol–water partition coefficient (Wildman–Crippen LogP) is 2.15. The highest BCUT2D eigenvalue weighted by Crippen LogP contribution is 2.37. The quantitative estimate of drug-likeness (QED) is 0.413. The molecular weight excluding hydrogens is 320 g/mol. The van der Waals surface area contributed by atoms with Gasteiger partial charge in [0.15, 0.2) is 5.75 Å². The van der Waals surface area contributed by atoms with Crippen LogP contribution in [-0.4, -0.2) is 43.7 Å². The molecule has 24 heavy (non-hydrogen) atoms. The second-order valence-corrected chi connectivity index (χ2v) is 4.63. The summed E-state index contributed by atoms with van der Waals surface area (Å²) in [6.07, 6.45) is 0.631. The van der Waals surface area contributed by atoms with Crippen LogP contribution in [0.15, 0.2) is 12.1 Å². The lowest BCUT2D eigenvalue weighted by atomic mass is 10.1. The molecule has 0 aromatic heterocycles. The molecule has 0 heterocycles. The Labute approximate surface area is 139 Å². The standard InChI is InChI=1S/C15H20N2O7/c1-4-6-24-12-8-10(15(19)23-5-2)7-11(14(12)17(20)21)16-9-13(18)22-3/h7-8,16H,4-6,9H2,1-3H3. The molecule has 0 saturated carbocycles. The van der Waals surface area contributed by atoms with Gasteiger partial charge in [-0.2, -0.15) is 0 Å². The van der Waals surface area contributed by atoms with Crippen LogP contribution in [0, 0.1) is 10.1 Å². The van der Waals surface area contributed by atoms with E-state index < -0.39 is 16.9 Å². The topological polar surface area (TPSA) is 117 Å². The van der Waals surface area contributed by atoms with Crippen LogP contribution in [0.4, 0.5) is 11.4 Å². The van der Waals surface area contributed by atoms with Crippen molar-refractivity contribution in [1.82, 2.24) is 0 Å². The van der Waals surface area contributed by atoms with Crippen molar-refractivity contribution >= 4 is 23.3 Å². The smallest absolute Gasteiger partial charge is 0.338 e. The molecular formula is C15H20N2O7. The number of ether oxygens (including phenoxy) is 3. The molecule has 0 aliphatic carbocycles. The molecule has 0 saturated heterocycles. The molecule has 9 nitrogen and oxygen atoms in total. The highest BCUT2D eigenvalue weighted by molar-refractivity contribution is 5.93. The Morgan fingerprint density at radius 2 is 2.00 bits per heavy atom. The summed E-state index contributed by atoms with van der Waals surface area (Å²) in [6.45, 7) is 3.60. The molecule has 0 aliphatic heterocycles. The minimum atomic E-state index is -0.644. The number of hydrogen-bond acceptors (Lipinski definition) is 8. The fourth-order valence-corrected chi connectivity index (χ4v) is 1.82. The van der Waals surface area contributed by atoms with Gasteiger partial charge in [0.1, 0.15) is 12.2 Å². The number of nitrogens with zero attached hydrogens (tertiary/aromatic N) is 1.